The van der Waals surface area contributed by atoms with Crippen LogP contribution in [0.4, 0.5) is 0 Å². The Morgan fingerprint density at radius 3 is 1.58 bits per heavy atom. The zero-order valence-electron chi connectivity index (χ0n) is 9.40. The molecule has 0 aromatic heterocycles. The second-order valence-electron chi connectivity index (χ2n) is 3.04. The van der Waals surface area contributed by atoms with Gasteiger partial charge in [0.1, 0.15) is 0 Å². The summed E-state index contributed by atoms with van der Waals surface area (Å²) >= 11 is 0. The van der Waals surface area contributed by atoms with E-state index in [1.165, 1.54) is 38.5 Å². The molecule has 0 aromatic carbocycles. The molecule has 0 radical (unpaired) electrons. The maximum Gasteiger partial charge on any atom is 0.00388 e. The van der Waals surface area contributed by atoms with Gasteiger partial charge in [0.2, 0.25) is 0 Å². The summed E-state index contributed by atoms with van der Waals surface area (Å²) in [6.07, 6.45) is 7.59. The van der Waals surface area contributed by atoms with Crippen molar-refractivity contribution >= 4 is 0 Å². The summed E-state index contributed by atoms with van der Waals surface area (Å²) in [4.78, 5) is 0. The second kappa shape index (κ2) is 13.5. The molecule has 0 bridgehead atoms. The van der Waals surface area contributed by atoms with E-state index in [-0.39, 0.29) is 1.43 Å². The minimum atomic E-state index is 0. The van der Waals surface area contributed by atoms with Crippen LogP contribution in [0.1, 0.15) is 67.6 Å². The first-order valence-electron chi connectivity index (χ1n) is 5.56. The molecule has 1 heteroatoms. The first kappa shape index (κ1) is 14.5. The highest BCUT2D eigenvalue weighted by molar-refractivity contribution is 4.59. The fourth-order valence-corrected chi connectivity index (χ4v) is 1.08. The predicted octanol–water partition coefficient (Wildman–Crippen LogP) is 3.97. The van der Waals surface area contributed by atoms with E-state index in [0.717, 1.165) is 0 Å². The molecule has 0 saturated heterocycles. The molecule has 0 rings (SSSR count). The lowest BCUT2D eigenvalue weighted by atomic mass is 10.1. The van der Waals surface area contributed by atoms with Crippen molar-refractivity contribution in [2.45, 2.75) is 72.3 Å². The smallest absolute Gasteiger partial charge is 0.00388 e. The van der Waals surface area contributed by atoms with Crippen molar-refractivity contribution in [3.05, 3.63) is 0 Å². The first-order valence-corrected chi connectivity index (χ1v) is 5.56. The molecule has 2 N–H and O–H groups in total. The van der Waals surface area contributed by atoms with Gasteiger partial charge in [-0.1, -0.05) is 53.4 Å². The SMILES string of the molecule is CC.CCCCC(N)CCCC.[HH]. The highest BCUT2D eigenvalue weighted by atomic mass is 14.6. The van der Waals surface area contributed by atoms with Crippen LogP contribution in [0.2, 0.25) is 0 Å². The van der Waals surface area contributed by atoms with Crippen LogP contribution >= 0.6 is 0 Å². The van der Waals surface area contributed by atoms with Crippen LogP contribution in [0.3, 0.4) is 0 Å². The standard InChI is InChI=1S/C9H21N.C2H6.H2/c1-3-5-7-9(10)8-6-4-2;1-2;/h9H,3-8,10H2,1-2H3;1-2H3;1H. The van der Waals surface area contributed by atoms with Crippen LogP contribution in [-0.4, -0.2) is 6.04 Å². The summed E-state index contributed by atoms with van der Waals surface area (Å²) < 4.78 is 0. The van der Waals surface area contributed by atoms with Crippen molar-refractivity contribution in [3.63, 3.8) is 0 Å². The van der Waals surface area contributed by atoms with Gasteiger partial charge in [0.25, 0.3) is 0 Å². The Hall–Kier alpha value is -0.0400. The number of unbranched alkanes of at least 4 members (excludes halogenated alkanes) is 2. The maximum absolute atomic E-state index is 5.85. The molecule has 78 valence electrons. The van der Waals surface area contributed by atoms with Crippen LogP contribution in [0.5, 0.6) is 0 Å². The summed E-state index contributed by atoms with van der Waals surface area (Å²) in [5.41, 5.74) is 5.85. The van der Waals surface area contributed by atoms with Crippen molar-refractivity contribution < 1.29 is 1.43 Å². The summed E-state index contributed by atoms with van der Waals surface area (Å²) in [6.45, 7) is 8.43. The van der Waals surface area contributed by atoms with Gasteiger partial charge in [-0.05, 0) is 12.8 Å². The highest BCUT2D eigenvalue weighted by Gasteiger charge is 1.99. The Kier molecular flexibility index (Phi) is 16.3. The van der Waals surface area contributed by atoms with Crippen LogP contribution in [0.25, 0.3) is 0 Å². The lowest BCUT2D eigenvalue weighted by Gasteiger charge is -2.08. The summed E-state index contributed by atoms with van der Waals surface area (Å²) in [6, 6.07) is 0.472. The molecule has 0 atom stereocenters. The average Bonchev–Trinajstić information content (AvgIpc) is 2.14. The van der Waals surface area contributed by atoms with Crippen LogP contribution < -0.4 is 5.73 Å². The van der Waals surface area contributed by atoms with Gasteiger partial charge in [-0.15, -0.1) is 0 Å². The quantitative estimate of drug-likeness (QED) is 0.649. The number of rotatable bonds is 6. The fourth-order valence-electron chi connectivity index (χ4n) is 1.08. The lowest BCUT2D eigenvalue weighted by molar-refractivity contribution is 0.520. The van der Waals surface area contributed by atoms with Crippen molar-refractivity contribution in [3.8, 4) is 0 Å². The van der Waals surface area contributed by atoms with Crippen LogP contribution in [-0.2, 0) is 0 Å². The van der Waals surface area contributed by atoms with Gasteiger partial charge in [0, 0.05) is 7.47 Å². The molecular formula is C11H29N. The molecule has 0 amide bonds. The Labute approximate surface area is 80.2 Å². The molecule has 0 aliphatic heterocycles. The molecule has 0 fully saturated rings. The molecule has 0 aliphatic rings. The minimum absolute atomic E-state index is 0. The van der Waals surface area contributed by atoms with Gasteiger partial charge < -0.3 is 5.73 Å². The van der Waals surface area contributed by atoms with E-state index in [2.05, 4.69) is 13.8 Å². The molecule has 12 heavy (non-hydrogen) atoms. The van der Waals surface area contributed by atoms with E-state index in [1.54, 1.807) is 0 Å². The molecule has 0 spiro atoms. The maximum atomic E-state index is 5.85. The summed E-state index contributed by atoms with van der Waals surface area (Å²) in [5, 5.41) is 0. The van der Waals surface area contributed by atoms with Gasteiger partial charge in [0.15, 0.2) is 0 Å². The Balaban J connectivity index is -0.000000309. The van der Waals surface area contributed by atoms with E-state index in [4.69, 9.17) is 5.73 Å². The van der Waals surface area contributed by atoms with Gasteiger partial charge >= 0.3 is 0 Å². The molecule has 0 unspecified atom stereocenters. The van der Waals surface area contributed by atoms with Gasteiger partial charge in [0.05, 0.1) is 0 Å². The fraction of sp³-hybridized carbons (Fsp3) is 1.00. The Morgan fingerprint density at radius 1 is 1.00 bits per heavy atom. The van der Waals surface area contributed by atoms with Crippen LogP contribution in [0, 0.1) is 0 Å². The predicted molar refractivity (Wildman–Crippen MR) is 60.5 cm³/mol. The lowest BCUT2D eigenvalue weighted by Crippen LogP contribution is -2.19. The molecule has 0 heterocycles. The normalized spacial score (nSPS) is 9.50. The molecule has 0 aromatic rings. The van der Waals surface area contributed by atoms with Gasteiger partial charge in [-0.25, -0.2) is 0 Å². The van der Waals surface area contributed by atoms with Crippen molar-refractivity contribution in [1.82, 2.24) is 0 Å². The van der Waals surface area contributed by atoms with Crippen molar-refractivity contribution in [2.75, 3.05) is 0 Å². The Morgan fingerprint density at radius 2 is 1.33 bits per heavy atom. The van der Waals surface area contributed by atoms with Gasteiger partial charge in [-0.2, -0.15) is 0 Å². The molecule has 1 nitrogen and oxygen atoms in total. The molecule has 0 aliphatic carbocycles. The van der Waals surface area contributed by atoms with Crippen molar-refractivity contribution in [1.29, 1.82) is 0 Å². The molecule has 0 saturated carbocycles. The first-order chi connectivity index (χ1) is 5.81. The average molecular weight is 175 g/mol. The monoisotopic (exact) mass is 175 g/mol. The van der Waals surface area contributed by atoms with E-state index < -0.39 is 0 Å². The zero-order valence-corrected chi connectivity index (χ0v) is 9.40. The number of hydrogen-bond acceptors (Lipinski definition) is 1. The highest BCUT2D eigenvalue weighted by Crippen LogP contribution is 2.05. The topological polar surface area (TPSA) is 26.0 Å². The van der Waals surface area contributed by atoms with Crippen molar-refractivity contribution in [2.24, 2.45) is 5.73 Å². The van der Waals surface area contributed by atoms with Gasteiger partial charge in [-0.3, -0.25) is 0 Å². The molecular weight excluding hydrogens is 146 g/mol. The number of hydrogen-bond donors (Lipinski definition) is 1. The van der Waals surface area contributed by atoms with E-state index >= 15 is 0 Å². The number of nitrogens with two attached hydrogens (primary N) is 1. The Bertz CT molecular complexity index is 59.1. The second-order valence-corrected chi connectivity index (χ2v) is 3.04. The third-order valence-corrected chi connectivity index (χ3v) is 1.86. The van der Waals surface area contributed by atoms with E-state index in [0.29, 0.717) is 6.04 Å². The van der Waals surface area contributed by atoms with E-state index in [1.807, 2.05) is 13.8 Å². The zero-order chi connectivity index (χ0) is 9.82. The van der Waals surface area contributed by atoms with E-state index in [9.17, 15) is 0 Å². The third-order valence-electron chi connectivity index (χ3n) is 1.86. The van der Waals surface area contributed by atoms with Crippen LogP contribution in [0.15, 0.2) is 0 Å². The minimum Gasteiger partial charge on any atom is -0.328 e. The summed E-state index contributed by atoms with van der Waals surface area (Å²) in [7, 11) is 0. The summed E-state index contributed by atoms with van der Waals surface area (Å²) in [5.74, 6) is 0. The largest absolute Gasteiger partial charge is 0.328 e. The third kappa shape index (κ3) is 12.6.